The zero-order chi connectivity index (χ0) is 10.5. The number of hydrogen-bond donors (Lipinski definition) is 1. The molecule has 1 aliphatic carbocycles. The number of rotatable bonds is 2. The number of methoxy groups -OCH3 is 1. The van der Waals surface area contributed by atoms with Crippen molar-refractivity contribution in [3.8, 4) is 0 Å². The summed E-state index contributed by atoms with van der Waals surface area (Å²) in [5.41, 5.74) is 0. The van der Waals surface area contributed by atoms with Crippen LogP contribution in [-0.4, -0.2) is 25.8 Å². The average Bonchev–Trinajstić information content (AvgIpc) is 2.58. The van der Waals surface area contributed by atoms with Crippen LogP contribution in [0.3, 0.4) is 0 Å². The summed E-state index contributed by atoms with van der Waals surface area (Å²) in [4.78, 5) is 0. The summed E-state index contributed by atoms with van der Waals surface area (Å²) in [5.74, 6) is 0.949. The minimum atomic E-state index is 0.465. The third kappa shape index (κ3) is 3.18. The molecule has 0 radical (unpaired) electrons. The molecule has 2 nitrogen and oxygen atoms in total. The maximum absolute atomic E-state index is 5.39. The van der Waals surface area contributed by atoms with Gasteiger partial charge < -0.3 is 10.1 Å². The largest absolute Gasteiger partial charge is 0.380 e. The van der Waals surface area contributed by atoms with E-state index in [-0.39, 0.29) is 0 Å². The maximum atomic E-state index is 5.39. The molecule has 2 rings (SSSR count). The van der Waals surface area contributed by atoms with Crippen LogP contribution >= 0.6 is 0 Å². The van der Waals surface area contributed by atoms with Crippen LogP contribution in [0.1, 0.15) is 51.4 Å². The van der Waals surface area contributed by atoms with Crippen LogP contribution in [0.5, 0.6) is 0 Å². The minimum absolute atomic E-state index is 0.465. The molecule has 0 aromatic carbocycles. The van der Waals surface area contributed by atoms with Crippen molar-refractivity contribution in [3.05, 3.63) is 0 Å². The molecular formula is C13H25NO. The van der Waals surface area contributed by atoms with Gasteiger partial charge in [-0.05, 0) is 31.6 Å². The fourth-order valence-electron chi connectivity index (χ4n) is 3.17. The first-order valence-corrected chi connectivity index (χ1v) is 6.66. The third-order valence-corrected chi connectivity index (χ3v) is 4.21. The van der Waals surface area contributed by atoms with Crippen molar-refractivity contribution in [1.82, 2.24) is 5.32 Å². The van der Waals surface area contributed by atoms with Crippen LogP contribution in [0.2, 0.25) is 0 Å². The molecule has 2 fully saturated rings. The molecule has 1 heterocycles. The van der Waals surface area contributed by atoms with Gasteiger partial charge in [0.2, 0.25) is 0 Å². The molecule has 88 valence electrons. The molecule has 0 aromatic rings. The van der Waals surface area contributed by atoms with E-state index in [9.17, 15) is 0 Å². The van der Waals surface area contributed by atoms with Gasteiger partial charge in [0.05, 0.1) is 6.10 Å². The molecule has 1 saturated carbocycles. The highest BCUT2D eigenvalue weighted by Gasteiger charge is 2.27. The van der Waals surface area contributed by atoms with Crippen LogP contribution in [0.25, 0.3) is 0 Å². The van der Waals surface area contributed by atoms with E-state index in [0.29, 0.717) is 6.10 Å². The molecule has 1 N–H and O–H groups in total. The van der Waals surface area contributed by atoms with Crippen molar-refractivity contribution in [2.75, 3.05) is 13.7 Å². The highest BCUT2D eigenvalue weighted by Crippen LogP contribution is 2.29. The van der Waals surface area contributed by atoms with Crippen LogP contribution in [-0.2, 0) is 4.74 Å². The first-order valence-electron chi connectivity index (χ1n) is 6.66. The lowest BCUT2D eigenvalue weighted by molar-refractivity contribution is 0.0613. The molecule has 2 atom stereocenters. The van der Waals surface area contributed by atoms with E-state index in [0.717, 1.165) is 18.5 Å². The molecule has 0 bridgehead atoms. The molecular weight excluding hydrogens is 186 g/mol. The Morgan fingerprint density at radius 1 is 0.933 bits per heavy atom. The number of hydrogen-bond acceptors (Lipinski definition) is 2. The Kier molecular flexibility index (Phi) is 4.45. The normalized spacial score (nSPS) is 35.0. The van der Waals surface area contributed by atoms with Gasteiger partial charge >= 0.3 is 0 Å². The van der Waals surface area contributed by atoms with Crippen molar-refractivity contribution >= 4 is 0 Å². The highest BCUT2D eigenvalue weighted by atomic mass is 16.5. The van der Waals surface area contributed by atoms with Gasteiger partial charge in [-0.1, -0.05) is 25.7 Å². The second-order valence-electron chi connectivity index (χ2n) is 5.20. The molecule has 0 aromatic heterocycles. The smallest absolute Gasteiger partial charge is 0.0696 e. The summed E-state index contributed by atoms with van der Waals surface area (Å²) < 4.78 is 5.39. The topological polar surface area (TPSA) is 21.3 Å². The fraction of sp³-hybridized carbons (Fsp3) is 1.00. The monoisotopic (exact) mass is 211 g/mol. The minimum Gasteiger partial charge on any atom is -0.380 e. The second kappa shape index (κ2) is 5.86. The summed E-state index contributed by atoms with van der Waals surface area (Å²) in [5, 5.41) is 3.69. The lowest BCUT2D eigenvalue weighted by atomic mass is 9.86. The Morgan fingerprint density at radius 2 is 1.67 bits per heavy atom. The number of ether oxygens (including phenoxy) is 1. The summed E-state index contributed by atoms with van der Waals surface area (Å²) in [6.45, 7) is 1.07. The first kappa shape index (κ1) is 11.4. The number of nitrogens with one attached hydrogen (secondary N) is 1. The molecule has 15 heavy (non-hydrogen) atoms. The summed E-state index contributed by atoms with van der Waals surface area (Å²) in [7, 11) is 1.83. The summed E-state index contributed by atoms with van der Waals surface area (Å²) in [6.07, 6.45) is 11.8. The molecule has 1 saturated heterocycles. The molecule has 1 aliphatic heterocycles. The maximum Gasteiger partial charge on any atom is 0.0696 e. The molecule has 0 spiro atoms. The quantitative estimate of drug-likeness (QED) is 0.709. The van der Waals surface area contributed by atoms with E-state index in [1.165, 1.54) is 51.4 Å². The Morgan fingerprint density at radius 3 is 2.20 bits per heavy atom. The van der Waals surface area contributed by atoms with Crippen LogP contribution in [0, 0.1) is 5.92 Å². The molecule has 2 aliphatic rings. The molecule has 0 amide bonds. The van der Waals surface area contributed by atoms with E-state index >= 15 is 0 Å². The van der Waals surface area contributed by atoms with Gasteiger partial charge in [-0.2, -0.15) is 0 Å². The van der Waals surface area contributed by atoms with Gasteiger partial charge in [0, 0.05) is 19.7 Å². The Bertz CT molecular complexity index is 167. The van der Waals surface area contributed by atoms with E-state index in [2.05, 4.69) is 5.32 Å². The van der Waals surface area contributed by atoms with Gasteiger partial charge in [0.25, 0.3) is 0 Å². The number of piperidine rings is 1. The van der Waals surface area contributed by atoms with E-state index in [4.69, 9.17) is 4.74 Å². The van der Waals surface area contributed by atoms with Crippen molar-refractivity contribution in [1.29, 1.82) is 0 Å². The zero-order valence-electron chi connectivity index (χ0n) is 10.0. The van der Waals surface area contributed by atoms with E-state index < -0.39 is 0 Å². The van der Waals surface area contributed by atoms with Crippen molar-refractivity contribution in [3.63, 3.8) is 0 Å². The third-order valence-electron chi connectivity index (χ3n) is 4.21. The van der Waals surface area contributed by atoms with E-state index in [1.54, 1.807) is 0 Å². The van der Waals surface area contributed by atoms with Crippen molar-refractivity contribution in [2.45, 2.75) is 63.5 Å². The van der Waals surface area contributed by atoms with Gasteiger partial charge in [-0.25, -0.2) is 0 Å². The Hall–Kier alpha value is -0.0800. The summed E-state index contributed by atoms with van der Waals surface area (Å²) in [6, 6.07) is 0.787. The second-order valence-corrected chi connectivity index (χ2v) is 5.20. The van der Waals surface area contributed by atoms with Crippen molar-refractivity contribution < 1.29 is 4.74 Å². The lowest BCUT2D eigenvalue weighted by Crippen LogP contribution is -2.46. The van der Waals surface area contributed by atoms with Gasteiger partial charge in [-0.3, -0.25) is 0 Å². The summed E-state index contributed by atoms with van der Waals surface area (Å²) >= 11 is 0. The van der Waals surface area contributed by atoms with E-state index in [1.807, 2.05) is 7.11 Å². The first-order chi connectivity index (χ1) is 7.40. The zero-order valence-corrected chi connectivity index (χ0v) is 10.0. The van der Waals surface area contributed by atoms with Crippen molar-refractivity contribution in [2.24, 2.45) is 5.92 Å². The molecule has 2 heteroatoms. The molecule has 2 unspecified atom stereocenters. The lowest BCUT2D eigenvalue weighted by Gasteiger charge is -2.34. The Balaban J connectivity index is 1.78. The van der Waals surface area contributed by atoms with Crippen LogP contribution in [0.15, 0.2) is 0 Å². The highest BCUT2D eigenvalue weighted by molar-refractivity contribution is 4.84. The standard InChI is InChI=1S/C13H25NO/c1-15-12-8-9-13(14-10-12)11-6-4-2-3-5-7-11/h11-14H,2-10H2,1H3. The van der Waals surface area contributed by atoms with Gasteiger partial charge in [0.1, 0.15) is 0 Å². The van der Waals surface area contributed by atoms with Crippen LogP contribution < -0.4 is 5.32 Å². The van der Waals surface area contributed by atoms with Gasteiger partial charge in [0.15, 0.2) is 0 Å². The fourth-order valence-corrected chi connectivity index (χ4v) is 3.17. The van der Waals surface area contributed by atoms with Gasteiger partial charge in [-0.15, -0.1) is 0 Å². The predicted octanol–water partition coefficient (Wildman–Crippen LogP) is 2.72. The predicted molar refractivity (Wildman–Crippen MR) is 63.0 cm³/mol. The SMILES string of the molecule is COC1CCC(C2CCCCCC2)NC1. The Labute approximate surface area is 93.8 Å². The average molecular weight is 211 g/mol. The van der Waals surface area contributed by atoms with Crippen LogP contribution in [0.4, 0.5) is 0 Å².